The van der Waals surface area contributed by atoms with Gasteiger partial charge in [-0.25, -0.2) is 0 Å². The molecular weight excluding hydrogens is 282 g/mol. The highest BCUT2D eigenvalue weighted by Gasteiger charge is 2.38. The minimum atomic E-state index is -0.265. The molecule has 2 unspecified atom stereocenters. The number of hydrogen-bond acceptors (Lipinski definition) is 3. The number of ether oxygens (including phenoxy) is 1. The number of aliphatic hydroxyl groups excluding tert-OH is 1. The van der Waals surface area contributed by atoms with Crippen LogP contribution in [0.1, 0.15) is 13.3 Å². The highest BCUT2D eigenvalue weighted by Crippen LogP contribution is 2.31. The van der Waals surface area contributed by atoms with E-state index in [9.17, 15) is 5.11 Å². The number of nitrogens with one attached hydrogen (secondary N) is 1. The third kappa shape index (κ3) is 2.81. The fourth-order valence-electron chi connectivity index (χ4n) is 2.23. The molecule has 0 bridgehead atoms. The maximum atomic E-state index is 9.71. The van der Waals surface area contributed by atoms with Crippen molar-refractivity contribution in [2.75, 3.05) is 25.1 Å². The SMILES string of the molecule is CC1COCCC1(CO)Nc1cccc(Br)c1. The molecule has 0 radical (unpaired) electrons. The normalized spacial score (nSPS) is 29.0. The van der Waals surface area contributed by atoms with Crippen molar-refractivity contribution in [3.8, 4) is 0 Å². The largest absolute Gasteiger partial charge is 0.394 e. The van der Waals surface area contributed by atoms with Crippen LogP contribution in [0.15, 0.2) is 28.7 Å². The Morgan fingerprint density at radius 3 is 3.06 bits per heavy atom. The molecule has 1 aromatic rings. The molecule has 0 aliphatic carbocycles. The minimum absolute atomic E-state index is 0.129. The lowest BCUT2D eigenvalue weighted by molar-refractivity contribution is -0.00358. The van der Waals surface area contributed by atoms with E-state index in [1.165, 1.54) is 0 Å². The Kier molecular flexibility index (Phi) is 4.07. The number of rotatable bonds is 3. The standard InChI is InChI=1S/C13H18BrNO2/c1-10-8-17-6-5-13(10,9-16)15-12-4-2-3-11(14)7-12/h2-4,7,10,15-16H,5-6,8-9H2,1H3. The lowest BCUT2D eigenvalue weighted by Gasteiger charge is -2.42. The van der Waals surface area contributed by atoms with Crippen molar-refractivity contribution in [1.82, 2.24) is 0 Å². The molecule has 1 saturated heterocycles. The maximum absolute atomic E-state index is 9.71. The van der Waals surface area contributed by atoms with Gasteiger partial charge in [0.1, 0.15) is 0 Å². The van der Waals surface area contributed by atoms with Gasteiger partial charge >= 0.3 is 0 Å². The highest BCUT2D eigenvalue weighted by atomic mass is 79.9. The summed E-state index contributed by atoms with van der Waals surface area (Å²) in [5.41, 5.74) is 0.765. The van der Waals surface area contributed by atoms with Gasteiger partial charge in [-0.1, -0.05) is 28.9 Å². The molecule has 94 valence electrons. The smallest absolute Gasteiger partial charge is 0.0673 e. The van der Waals surface area contributed by atoms with Crippen molar-refractivity contribution >= 4 is 21.6 Å². The quantitative estimate of drug-likeness (QED) is 0.902. The molecule has 3 nitrogen and oxygen atoms in total. The average Bonchev–Trinajstić information content (AvgIpc) is 2.32. The molecule has 1 aromatic carbocycles. The molecule has 17 heavy (non-hydrogen) atoms. The fourth-order valence-corrected chi connectivity index (χ4v) is 2.63. The van der Waals surface area contributed by atoms with Crippen LogP contribution in [0.25, 0.3) is 0 Å². The van der Waals surface area contributed by atoms with Crippen molar-refractivity contribution in [2.45, 2.75) is 18.9 Å². The molecule has 4 heteroatoms. The number of anilines is 1. The van der Waals surface area contributed by atoms with E-state index in [4.69, 9.17) is 4.74 Å². The van der Waals surface area contributed by atoms with E-state index in [1.54, 1.807) is 0 Å². The minimum Gasteiger partial charge on any atom is -0.394 e. The summed E-state index contributed by atoms with van der Waals surface area (Å²) in [5.74, 6) is 0.292. The zero-order chi connectivity index (χ0) is 12.3. The van der Waals surface area contributed by atoms with Gasteiger partial charge in [-0.2, -0.15) is 0 Å². The molecule has 2 rings (SSSR count). The first-order valence-corrected chi connectivity index (χ1v) is 6.68. The van der Waals surface area contributed by atoms with Crippen molar-refractivity contribution in [2.24, 2.45) is 5.92 Å². The Balaban J connectivity index is 2.18. The highest BCUT2D eigenvalue weighted by molar-refractivity contribution is 9.10. The van der Waals surface area contributed by atoms with E-state index in [2.05, 4.69) is 28.2 Å². The lowest BCUT2D eigenvalue weighted by atomic mass is 9.81. The molecule has 1 aliphatic heterocycles. The summed E-state index contributed by atoms with van der Waals surface area (Å²) in [6, 6.07) is 8.02. The van der Waals surface area contributed by atoms with Gasteiger partial charge in [0, 0.05) is 22.7 Å². The van der Waals surface area contributed by atoms with Crippen LogP contribution >= 0.6 is 15.9 Å². The van der Waals surface area contributed by atoms with Crippen LogP contribution < -0.4 is 5.32 Å². The summed E-state index contributed by atoms with van der Waals surface area (Å²) in [6.45, 7) is 3.64. The van der Waals surface area contributed by atoms with Crippen molar-refractivity contribution in [3.63, 3.8) is 0 Å². The lowest BCUT2D eigenvalue weighted by Crippen LogP contribution is -2.53. The van der Waals surface area contributed by atoms with Crippen molar-refractivity contribution in [3.05, 3.63) is 28.7 Å². The first-order chi connectivity index (χ1) is 8.16. The van der Waals surface area contributed by atoms with Gasteiger partial charge in [0.15, 0.2) is 0 Å². The Hall–Kier alpha value is -0.580. The molecule has 2 atom stereocenters. The Labute approximate surface area is 110 Å². The average molecular weight is 300 g/mol. The molecule has 0 amide bonds. The van der Waals surface area contributed by atoms with Crippen LogP contribution in [0, 0.1) is 5.92 Å². The van der Waals surface area contributed by atoms with E-state index < -0.39 is 0 Å². The predicted octanol–water partition coefficient (Wildman–Crippen LogP) is 2.65. The molecule has 1 aliphatic rings. The van der Waals surface area contributed by atoms with Crippen LogP contribution in [-0.2, 0) is 4.74 Å². The monoisotopic (exact) mass is 299 g/mol. The van der Waals surface area contributed by atoms with Crippen LogP contribution in [0.5, 0.6) is 0 Å². The maximum Gasteiger partial charge on any atom is 0.0673 e. The number of benzene rings is 1. The van der Waals surface area contributed by atoms with E-state index in [1.807, 2.05) is 24.3 Å². The molecule has 2 N–H and O–H groups in total. The van der Waals surface area contributed by atoms with E-state index in [-0.39, 0.29) is 12.1 Å². The van der Waals surface area contributed by atoms with Gasteiger partial charge in [-0.15, -0.1) is 0 Å². The summed E-state index contributed by atoms with van der Waals surface area (Å²) >= 11 is 3.45. The summed E-state index contributed by atoms with van der Waals surface area (Å²) < 4.78 is 6.48. The van der Waals surface area contributed by atoms with Gasteiger partial charge in [-0.3, -0.25) is 0 Å². The van der Waals surface area contributed by atoms with E-state index >= 15 is 0 Å². The van der Waals surface area contributed by atoms with Gasteiger partial charge in [-0.05, 0) is 24.6 Å². The van der Waals surface area contributed by atoms with Gasteiger partial charge in [0.2, 0.25) is 0 Å². The van der Waals surface area contributed by atoms with Crippen molar-refractivity contribution < 1.29 is 9.84 Å². The van der Waals surface area contributed by atoms with Crippen LogP contribution in [0.2, 0.25) is 0 Å². The second-order valence-corrected chi connectivity index (χ2v) is 5.59. The third-order valence-electron chi connectivity index (χ3n) is 3.50. The van der Waals surface area contributed by atoms with Gasteiger partial charge in [0.25, 0.3) is 0 Å². The fraction of sp³-hybridized carbons (Fsp3) is 0.538. The zero-order valence-corrected chi connectivity index (χ0v) is 11.5. The van der Waals surface area contributed by atoms with Gasteiger partial charge in [0.05, 0.1) is 18.8 Å². The van der Waals surface area contributed by atoms with Gasteiger partial charge < -0.3 is 15.2 Å². The zero-order valence-electron chi connectivity index (χ0n) is 9.95. The number of aliphatic hydroxyl groups is 1. The summed E-state index contributed by atoms with van der Waals surface area (Å²) in [7, 11) is 0. The first-order valence-electron chi connectivity index (χ1n) is 5.89. The van der Waals surface area contributed by atoms with Crippen molar-refractivity contribution in [1.29, 1.82) is 0 Å². The Bertz CT molecular complexity index is 385. The molecule has 1 heterocycles. The second kappa shape index (κ2) is 5.38. The molecule has 0 spiro atoms. The van der Waals surface area contributed by atoms with Crippen LogP contribution in [0.3, 0.4) is 0 Å². The number of hydrogen-bond donors (Lipinski definition) is 2. The second-order valence-electron chi connectivity index (χ2n) is 4.68. The van der Waals surface area contributed by atoms with Crippen LogP contribution in [0.4, 0.5) is 5.69 Å². The van der Waals surface area contributed by atoms with E-state index in [0.717, 1.165) is 16.6 Å². The van der Waals surface area contributed by atoms with E-state index in [0.29, 0.717) is 19.1 Å². The summed E-state index contributed by atoms with van der Waals surface area (Å²) in [5, 5.41) is 13.2. The Morgan fingerprint density at radius 2 is 2.41 bits per heavy atom. The molecular formula is C13H18BrNO2. The number of halogens is 1. The summed E-state index contributed by atoms with van der Waals surface area (Å²) in [4.78, 5) is 0. The summed E-state index contributed by atoms with van der Waals surface area (Å²) in [6.07, 6.45) is 0.831. The topological polar surface area (TPSA) is 41.5 Å². The van der Waals surface area contributed by atoms with Crippen LogP contribution in [-0.4, -0.2) is 30.5 Å². The molecule has 0 aromatic heterocycles. The first kappa shape index (κ1) is 12.9. The third-order valence-corrected chi connectivity index (χ3v) is 4.00. The molecule has 1 fully saturated rings. The Morgan fingerprint density at radius 1 is 1.59 bits per heavy atom. The predicted molar refractivity (Wildman–Crippen MR) is 72.2 cm³/mol. The molecule has 0 saturated carbocycles.